The van der Waals surface area contributed by atoms with Gasteiger partial charge in [0.05, 0.1) is 0 Å². The van der Waals surface area contributed by atoms with Crippen molar-refractivity contribution in [3.05, 3.63) is 36.0 Å². The molecule has 3 rings (SSSR count). The molecule has 2 aromatic rings. The molecule has 1 fully saturated rings. The Hall–Kier alpha value is -1.97. The zero-order valence-corrected chi connectivity index (χ0v) is 10.3. The maximum atomic E-state index is 11.9. The summed E-state index contributed by atoms with van der Waals surface area (Å²) in [6, 6.07) is 8.21. The summed E-state index contributed by atoms with van der Waals surface area (Å²) in [5.74, 6) is 0. The Labute approximate surface area is 106 Å². The highest BCUT2D eigenvalue weighted by molar-refractivity contribution is 5.83. The molecule has 4 nitrogen and oxygen atoms in total. The fraction of sp³-hybridized carbons (Fsp3) is 0.357. The Kier molecular flexibility index (Phi) is 2.92. The maximum Gasteiger partial charge on any atom is 0.317 e. The van der Waals surface area contributed by atoms with Crippen LogP contribution >= 0.6 is 0 Å². The monoisotopic (exact) mass is 243 g/mol. The minimum absolute atomic E-state index is 0.0556. The van der Waals surface area contributed by atoms with E-state index in [1.165, 1.54) is 5.39 Å². The lowest BCUT2D eigenvalue weighted by Crippen LogP contribution is -2.37. The van der Waals surface area contributed by atoms with Gasteiger partial charge in [-0.1, -0.05) is 12.1 Å². The van der Waals surface area contributed by atoms with Gasteiger partial charge < -0.3 is 15.2 Å². The zero-order chi connectivity index (χ0) is 12.4. The Bertz CT molecular complexity index is 555. The molecule has 1 aliphatic rings. The van der Waals surface area contributed by atoms with Crippen molar-refractivity contribution >= 4 is 16.9 Å². The Morgan fingerprint density at radius 1 is 1.28 bits per heavy atom. The molecule has 1 aromatic carbocycles. The van der Waals surface area contributed by atoms with Gasteiger partial charge in [-0.15, -0.1) is 0 Å². The van der Waals surface area contributed by atoms with Crippen LogP contribution in [0, 0.1) is 0 Å². The van der Waals surface area contributed by atoms with E-state index in [0.29, 0.717) is 6.54 Å². The summed E-state index contributed by atoms with van der Waals surface area (Å²) in [4.78, 5) is 17.0. The number of fused-ring (bicyclic) bond motifs is 1. The van der Waals surface area contributed by atoms with Crippen LogP contribution < -0.4 is 5.32 Å². The number of carbonyl (C=O) groups excluding carboxylic acids is 1. The third-order valence-electron chi connectivity index (χ3n) is 3.51. The first-order valence-corrected chi connectivity index (χ1v) is 6.42. The second-order valence-electron chi connectivity index (χ2n) is 4.71. The number of nitrogens with one attached hydrogen (secondary N) is 2. The molecule has 4 heteroatoms. The smallest absolute Gasteiger partial charge is 0.317 e. The van der Waals surface area contributed by atoms with Gasteiger partial charge in [0.15, 0.2) is 0 Å². The summed E-state index contributed by atoms with van der Waals surface area (Å²) >= 11 is 0. The normalized spacial score (nSPS) is 15.2. The van der Waals surface area contributed by atoms with Crippen LogP contribution in [-0.2, 0) is 6.54 Å². The SMILES string of the molecule is O=C(NCc1cccc2[nH]ccc12)N1CCCC1. The molecule has 0 bridgehead atoms. The molecule has 1 aliphatic heterocycles. The number of urea groups is 1. The summed E-state index contributed by atoms with van der Waals surface area (Å²) < 4.78 is 0. The molecule has 1 aromatic heterocycles. The number of likely N-dealkylation sites (tertiary alicyclic amines) is 1. The standard InChI is InChI=1S/C14H17N3O/c18-14(17-8-1-2-9-17)16-10-11-4-3-5-13-12(11)6-7-15-13/h3-7,15H,1-2,8-10H2,(H,16,18). The Morgan fingerprint density at radius 2 is 2.11 bits per heavy atom. The van der Waals surface area contributed by atoms with Crippen molar-refractivity contribution in [1.29, 1.82) is 0 Å². The largest absolute Gasteiger partial charge is 0.361 e. The van der Waals surface area contributed by atoms with E-state index in [0.717, 1.165) is 37.0 Å². The van der Waals surface area contributed by atoms with E-state index in [-0.39, 0.29) is 6.03 Å². The average Bonchev–Trinajstić information content (AvgIpc) is 3.05. The van der Waals surface area contributed by atoms with Crippen molar-refractivity contribution in [2.24, 2.45) is 0 Å². The van der Waals surface area contributed by atoms with Crippen molar-refractivity contribution in [2.75, 3.05) is 13.1 Å². The van der Waals surface area contributed by atoms with E-state index < -0.39 is 0 Å². The van der Waals surface area contributed by atoms with E-state index in [1.807, 2.05) is 29.3 Å². The summed E-state index contributed by atoms with van der Waals surface area (Å²) in [7, 11) is 0. The molecule has 0 saturated carbocycles. The highest BCUT2D eigenvalue weighted by Gasteiger charge is 2.17. The van der Waals surface area contributed by atoms with E-state index >= 15 is 0 Å². The fourth-order valence-corrected chi connectivity index (χ4v) is 2.51. The predicted octanol–water partition coefficient (Wildman–Crippen LogP) is 2.47. The first-order chi connectivity index (χ1) is 8.84. The van der Waals surface area contributed by atoms with Crippen LogP contribution in [0.15, 0.2) is 30.5 Å². The molecule has 0 radical (unpaired) electrons. The summed E-state index contributed by atoms with van der Waals surface area (Å²) in [6.07, 6.45) is 4.18. The number of rotatable bonds is 2. The molecule has 18 heavy (non-hydrogen) atoms. The van der Waals surface area contributed by atoms with Gasteiger partial charge in [-0.3, -0.25) is 0 Å². The quantitative estimate of drug-likeness (QED) is 0.836. The third-order valence-corrected chi connectivity index (χ3v) is 3.51. The number of aromatic nitrogens is 1. The lowest BCUT2D eigenvalue weighted by atomic mass is 10.1. The first-order valence-electron chi connectivity index (χ1n) is 6.42. The zero-order valence-electron chi connectivity index (χ0n) is 10.3. The van der Waals surface area contributed by atoms with E-state index in [9.17, 15) is 4.79 Å². The van der Waals surface area contributed by atoms with Crippen molar-refractivity contribution in [3.63, 3.8) is 0 Å². The lowest BCUT2D eigenvalue weighted by Gasteiger charge is -2.16. The van der Waals surface area contributed by atoms with E-state index in [2.05, 4.69) is 16.4 Å². The predicted molar refractivity (Wildman–Crippen MR) is 71.3 cm³/mol. The van der Waals surface area contributed by atoms with Crippen LogP contribution in [0.3, 0.4) is 0 Å². The number of hydrogen-bond donors (Lipinski definition) is 2. The van der Waals surface area contributed by atoms with Gasteiger partial charge in [-0.2, -0.15) is 0 Å². The Balaban J connectivity index is 1.69. The van der Waals surface area contributed by atoms with Crippen LogP contribution in [0.2, 0.25) is 0 Å². The Morgan fingerprint density at radius 3 is 2.94 bits per heavy atom. The topological polar surface area (TPSA) is 48.1 Å². The highest BCUT2D eigenvalue weighted by atomic mass is 16.2. The number of benzene rings is 1. The van der Waals surface area contributed by atoms with Gasteiger partial charge in [0.1, 0.15) is 0 Å². The van der Waals surface area contributed by atoms with Gasteiger partial charge in [-0.05, 0) is 30.5 Å². The summed E-state index contributed by atoms with van der Waals surface area (Å²) in [6.45, 7) is 2.37. The maximum absolute atomic E-state index is 11.9. The first kappa shape index (κ1) is 11.1. The number of hydrogen-bond acceptors (Lipinski definition) is 1. The van der Waals surface area contributed by atoms with Gasteiger partial charge in [0.2, 0.25) is 0 Å². The van der Waals surface area contributed by atoms with Crippen molar-refractivity contribution in [1.82, 2.24) is 15.2 Å². The van der Waals surface area contributed by atoms with Crippen molar-refractivity contribution in [3.8, 4) is 0 Å². The molecule has 94 valence electrons. The number of nitrogens with zero attached hydrogens (tertiary/aromatic N) is 1. The van der Waals surface area contributed by atoms with E-state index in [1.54, 1.807) is 0 Å². The second-order valence-corrected chi connectivity index (χ2v) is 4.71. The number of amides is 2. The molecule has 0 spiro atoms. The number of H-pyrrole nitrogens is 1. The van der Waals surface area contributed by atoms with Gasteiger partial charge in [0.25, 0.3) is 0 Å². The van der Waals surface area contributed by atoms with Crippen LogP contribution in [0.1, 0.15) is 18.4 Å². The molecule has 2 amide bonds. The number of carbonyl (C=O) groups is 1. The van der Waals surface area contributed by atoms with Crippen molar-refractivity contribution < 1.29 is 4.79 Å². The second kappa shape index (κ2) is 4.72. The van der Waals surface area contributed by atoms with E-state index in [4.69, 9.17) is 0 Å². The minimum atomic E-state index is 0.0556. The van der Waals surface area contributed by atoms with Crippen LogP contribution in [-0.4, -0.2) is 29.0 Å². The van der Waals surface area contributed by atoms with Crippen LogP contribution in [0.5, 0.6) is 0 Å². The third kappa shape index (κ3) is 2.06. The fourth-order valence-electron chi connectivity index (χ4n) is 2.51. The van der Waals surface area contributed by atoms with Crippen molar-refractivity contribution in [2.45, 2.75) is 19.4 Å². The molecule has 2 heterocycles. The molecular weight excluding hydrogens is 226 g/mol. The summed E-state index contributed by atoms with van der Waals surface area (Å²) in [5.41, 5.74) is 2.27. The van der Waals surface area contributed by atoms with Gasteiger partial charge in [0, 0.05) is 36.7 Å². The molecular formula is C14H17N3O. The highest BCUT2D eigenvalue weighted by Crippen LogP contribution is 2.17. The van der Waals surface area contributed by atoms with Crippen LogP contribution in [0.25, 0.3) is 10.9 Å². The molecule has 0 unspecified atom stereocenters. The number of aromatic amines is 1. The minimum Gasteiger partial charge on any atom is -0.361 e. The molecule has 2 N–H and O–H groups in total. The molecule has 0 atom stereocenters. The molecule has 1 saturated heterocycles. The average molecular weight is 243 g/mol. The summed E-state index contributed by atoms with van der Waals surface area (Å²) in [5, 5.41) is 4.18. The van der Waals surface area contributed by atoms with Gasteiger partial charge in [-0.25, -0.2) is 4.79 Å². The van der Waals surface area contributed by atoms with Gasteiger partial charge >= 0.3 is 6.03 Å². The van der Waals surface area contributed by atoms with Crippen LogP contribution in [0.4, 0.5) is 4.79 Å². The molecule has 0 aliphatic carbocycles. The lowest BCUT2D eigenvalue weighted by molar-refractivity contribution is 0.208.